The van der Waals surface area contributed by atoms with E-state index >= 15 is 0 Å². The first-order valence-electron chi connectivity index (χ1n) is 4.95. The van der Waals surface area contributed by atoms with Gasteiger partial charge < -0.3 is 5.32 Å². The lowest BCUT2D eigenvalue weighted by Gasteiger charge is -2.07. The Morgan fingerprint density at radius 2 is 2.32 bits per heavy atom. The number of nitro benzene ring substituents is 1. The van der Waals surface area contributed by atoms with Crippen molar-refractivity contribution >= 4 is 50.2 Å². The highest BCUT2D eigenvalue weighted by Gasteiger charge is 2.17. The van der Waals surface area contributed by atoms with E-state index in [0.717, 1.165) is 17.0 Å². The van der Waals surface area contributed by atoms with Crippen LogP contribution in [-0.2, 0) is 6.54 Å². The molecule has 0 saturated carbocycles. The monoisotopic (exact) mass is 365 g/mol. The van der Waals surface area contributed by atoms with Gasteiger partial charge >= 0.3 is 5.69 Å². The van der Waals surface area contributed by atoms with E-state index in [4.69, 9.17) is 11.6 Å². The van der Waals surface area contributed by atoms with Crippen molar-refractivity contribution in [2.45, 2.75) is 6.54 Å². The molecule has 100 valence electrons. The Labute approximate surface area is 124 Å². The molecule has 0 spiro atoms. The Balaban J connectivity index is 2.20. The number of thiazole rings is 1. The van der Waals surface area contributed by atoms with Gasteiger partial charge in [0.2, 0.25) is 5.82 Å². The molecule has 1 heterocycles. The standard InChI is InChI=1S/C10H6BrClFN3O2S/c11-6-1-7(13)9(16(17)18)2-8(6)14-3-5-4-15-10(12)19-5/h1-2,4,14H,3H2. The number of hydrogen-bond donors (Lipinski definition) is 1. The first-order chi connectivity index (χ1) is 8.97. The molecule has 2 aromatic rings. The molecule has 0 radical (unpaired) electrons. The number of nitrogens with zero attached hydrogens (tertiary/aromatic N) is 2. The van der Waals surface area contributed by atoms with Gasteiger partial charge in [-0.3, -0.25) is 10.1 Å². The number of aromatic nitrogens is 1. The van der Waals surface area contributed by atoms with Gasteiger partial charge in [-0.1, -0.05) is 11.6 Å². The fraction of sp³-hybridized carbons (Fsp3) is 0.100. The van der Waals surface area contributed by atoms with Crippen LogP contribution in [0.1, 0.15) is 4.88 Å². The van der Waals surface area contributed by atoms with Crippen LogP contribution in [0, 0.1) is 15.9 Å². The van der Waals surface area contributed by atoms with E-state index in [2.05, 4.69) is 26.2 Å². The van der Waals surface area contributed by atoms with Crippen molar-refractivity contribution in [1.82, 2.24) is 4.98 Å². The molecule has 0 amide bonds. The zero-order chi connectivity index (χ0) is 14.0. The van der Waals surface area contributed by atoms with Gasteiger partial charge in [0.1, 0.15) is 0 Å². The highest BCUT2D eigenvalue weighted by Crippen LogP contribution is 2.30. The van der Waals surface area contributed by atoms with Crippen LogP contribution in [0.15, 0.2) is 22.8 Å². The molecule has 1 N–H and O–H groups in total. The molecule has 0 aliphatic carbocycles. The molecule has 0 bridgehead atoms. The van der Waals surface area contributed by atoms with E-state index in [1.54, 1.807) is 6.20 Å². The van der Waals surface area contributed by atoms with Crippen LogP contribution in [0.2, 0.25) is 4.47 Å². The van der Waals surface area contributed by atoms with E-state index in [1.165, 1.54) is 11.3 Å². The minimum absolute atomic E-state index is 0.395. The Bertz CT molecular complexity index is 637. The SMILES string of the molecule is O=[N+]([O-])c1cc(NCc2cnc(Cl)s2)c(Br)cc1F. The number of hydrogen-bond acceptors (Lipinski definition) is 5. The molecule has 9 heteroatoms. The average molecular weight is 367 g/mol. The average Bonchev–Trinajstić information content (AvgIpc) is 2.73. The van der Waals surface area contributed by atoms with E-state index in [1.807, 2.05) is 0 Å². The predicted octanol–water partition coefficient (Wildman–Crippen LogP) is 4.22. The van der Waals surface area contributed by atoms with Crippen LogP contribution in [0.4, 0.5) is 15.8 Å². The molecule has 1 aromatic heterocycles. The van der Waals surface area contributed by atoms with Gasteiger partial charge in [-0.25, -0.2) is 4.98 Å². The number of halogens is 3. The predicted molar refractivity (Wildman–Crippen MR) is 75.2 cm³/mol. The summed E-state index contributed by atoms with van der Waals surface area (Å²) < 4.78 is 14.1. The highest BCUT2D eigenvalue weighted by atomic mass is 79.9. The van der Waals surface area contributed by atoms with Gasteiger partial charge in [0.15, 0.2) is 4.47 Å². The van der Waals surface area contributed by atoms with Crippen LogP contribution in [-0.4, -0.2) is 9.91 Å². The third kappa shape index (κ3) is 3.40. The summed E-state index contributed by atoms with van der Waals surface area (Å²) in [5, 5.41) is 13.6. The Kier molecular flexibility index (Phi) is 4.33. The fourth-order valence-electron chi connectivity index (χ4n) is 1.36. The first-order valence-corrected chi connectivity index (χ1v) is 6.93. The van der Waals surface area contributed by atoms with Crippen molar-refractivity contribution in [1.29, 1.82) is 0 Å². The molecule has 0 fully saturated rings. The first kappa shape index (κ1) is 14.2. The van der Waals surface area contributed by atoms with Crippen molar-refractivity contribution in [2.24, 2.45) is 0 Å². The molecule has 2 rings (SSSR count). The second-order valence-corrected chi connectivity index (χ2v) is 6.03. The van der Waals surface area contributed by atoms with Crippen LogP contribution >= 0.6 is 38.9 Å². The number of benzene rings is 1. The molecule has 1 aromatic carbocycles. The van der Waals surface area contributed by atoms with Crippen LogP contribution in [0.25, 0.3) is 0 Å². The summed E-state index contributed by atoms with van der Waals surface area (Å²) in [6, 6.07) is 2.20. The molecule has 0 atom stereocenters. The van der Waals surface area contributed by atoms with Crippen molar-refractivity contribution in [2.75, 3.05) is 5.32 Å². The summed E-state index contributed by atoms with van der Waals surface area (Å²) >= 11 is 10.1. The normalized spacial score (nSPS) is 10.5. The van der Waals surface area contributed by atoms with Crippen molar-refractivity contribution in [3.8, 4) is 0 Å². The lowest BCUT2D eigenvalue weighted by atomic mass is 10.2. The van der Waals surface area contributed by atoms with E-state index in [0.29, 0.717) is 21.2 Å². The number of anilines is 1. The Morgan fingerprint density at radius 3 is 2.89 bits per heavy atom. The Morgan fingerprint density at radius 1 is 1.58 bits per heavy atom. The summed E-state index contributed by atoms with van der Waals surface area (Å²) in [7, 11) is 0. The minimum Gasteiger partial charge on any atom is -0.379 e. The summed E-state index contributed by atoms with van der Waals surface area (Å²) in [5.41, 5.74) is -0.148. The summed E-state index contributed by atoms with van der Waals surface area (Å²) in [6.07, 6.45) is 1.60. The third-order valence-electron chi connectivity index (χ3n) is 2.21. The van der Waals surface area contributed by atoms with Crippen molar-refractivity contribution in [3.63, 3.8) is 0 Å². The van der Waals surface area contributed by atoms with E-state index < -0.39 is 16.4 Å². The van der Waals surface area contributed by atoms with Gasteiger partial charge in [0.05, 0.1) is 17.2 Å². The maximum absolute atomic E-state index is 13.3. The molecule has 0 saturated heterocycles. The number of nitrogens with one attached hydrogen (secondary N) is 1. The summed E-state index contributed by atoms with van der Waals surface area (Å²) in [5.74, 6) is -0.886. The van der Waals surface area contributed by atoms with Gasteiger partial charge in [0.25, 0.3) is 0 Å². The van der Waals surface area contributed by atoms with Crippen molar-refractivity contribution in [3.05, 3.63) is 48.1 Å². The maximum Gasteiger partial charge on any atom is 0.306 e. The van der Waals surface area contributed by atoms with Gasteiger partial charge in [-0.2, -0.15) is 4.39 Å². The molecular weight excluding hydrogens is 361 g/mol. The Hall–Kier alpha value is -1.25. The second kappa shape index (κ2) is 5.81. The van der Waals surface area contributed by atoms with Gasteiger partial charge in [-0.15, -0.1) is 11.3 Å². The lowest BCUT2D eigenvalue weighted by Crippen LogP contribution is -2.01. The van der Waals surface area contributed by atoms with E-state index in [-0.39, 0.29) is 0 Å². The summed E-state index contributed by atoms with van der Waals surface area (Å²) in [6.45, 7) is 0.395. The van der Waals surface area contributed by atoms with Crippen molar-refractivity contribution < 1.29 is 9.31 Å². The second-order valence-electron chi connectivity index (χ2n) is 3.47. The number of rotatable bonds is 4. The zero-order valence-electron chi connectivity index (χ0n) is 9.19. The number of nitro groups is 1. The summed E-state index contributed by atoms with van der Waals surface area (Å²) in [4.78, 5) is 14.6. The molecule has 0 unspecified atom stereocenters. The fourth-order valence-corrected chi connectivity index (χ4v) is 2.73. The largest absolute Gasteiger partial charge is 0.379 e. The van der Waals surface area contributed by atoms with Gasteiger partial charge in [0, 0.05) is 21.6 Å². The molecular formula is C10H6BrClFN3O2S. The third-order valence-corrected chi connectivity index (χ3v) is 3.98. The maximum atomic E-state index is 13.3. The smallest absolute Gasteiger partial charge is 0.306 e. The lowest BCUT2D eigenvalue weighted by molar-refractivity contribution is -0.387. The van der Waals surface area contributed by atoms with Crippen LogP contribution in [0.5, 0.6) is 0 Å². The van der Waals surface area contributed by atoms with Crippen LogP contribution in [0.3, 0.4) is 0 Å². The van der Waals surface area contributed by atoms with Gasteiger partial charge in [-0.05, 0) is 22.0 Å². The zero-order valence-corrected chi connectivity index (χ0v) is 12.4. The van der Waals surface area contributed by atoms with Crippen LogP contribution < -0.4 is 5.32 Å². The molecule has 19 heavy (non-hydrogen) atoms. The molecule has 5 nitrogen and oxygen atoms in total. The molecule has 0 aliphatic rings. The van der Waals surface area contributed by atoms with E-state index in [9.17, 15) is 14.5 Å². The topological polar surface area (TPSA) is 68.1 Å². The highest BCUT2D eigenvalue weighted by molar-refractivity contribution is 9.10. The minimum atomic E-state index is -0.886. The molecule has 0 aliphatic heterocycles. The quantitative estimate of drug-likeness (QED) is 0.650.